The molecule has 3 rings (SSSR count). The first-order valence-electron chi connectivity index (χ1n) is 7.65. The molecule has 2 aromatic rings. The quantitative estimate of drug-likeness (QED) is 0.904. The van der Waals surface area contributed by atoms with Crippen LogP contribution in [0.4, 0.5) is 0 Å². The number of pyridine rings is 1. The molecule has 3 nitrogen and oxygen atoms in total. The third-order valence-electron chi connectivity index (χ3n) is 4.19. The zero-order valence-electron chi connectivity index (χ0n) is 12.2. The molecular weight excluding hydrogens is 246 g/mol. The summed E-state index contributed by atoms with van der Waals surface area (Å²) in [4.78, 5) is 7.02. The molecule has 1 unspecified atom stereocenters. The Hall–Kier alpha value is -1.45. The zero-order chi connectivity index (χ0) is 13.8. The van der Waals surface area contributed by atoms with Gasteiger partial charge in [-0.3, -0.25) is 9.88 Å². The molecule has 1 aromatic carbocycles. The van der Waals surface area contributed by atoms with E-state index in [0.717, 1.165) is 26.2 Å². The van der Waals surface area contributed by atoms with Crippen molar-refractivity contribution >= 4 is 10.8 Å². The second-order valence-electron chi connectivity index (χ2n) is 5.64. The Morgan fingerprint density at radius 3 is 3.00 bits per heavy atom. The molecule has 3 heteroatoms. The topological polar surface area (TPSA) is 28.2 Å². The molecule has 1 aliphatic heterocycles. The van der Waals surface area contributed by atoms with Crippen molar-refractivity contribution in [2.45, 2.75) is 32.4 Å². The maximum Gasteiger partial charge on any atom is 0.0346 e. The van der Waals surface area contributed by atoms with Crippen LogP contribution >= 0.6 is 0 Å². The van der Waals surface area contributed by atoms with E-state index in [-0.39, 0.29) is 0 Å². The predicted octanol–water partition coefficient (Wildman–Crippen LogP) is 2.81. The number of nitrogens with one attached hydrogen (secondary N) is 1. The summed E-state index contributed by atoms with van der Waals surface area (Å²) in [6.07, 6.45) is 6.46. The molecular formula is C17H23N3. The standard InChI is InChI=1S/C17H23N3/c1-2-9-20(16-7-8-18-12-16)13-15-11-19-10-14-5-3-4-6-17(14)15/h3-6,10-11,16,18H,2,7-9,12-13H2,1H3. The number of hydrogen-bond donors (Lipinski definition) is 1. The van der Waals surface area contributed by atoms with E-state index in [4.69, 9.17) is 0 Å². The Balaban J connectivity index is 1.86. The van der Waals surface area contributed by atoms with E-state index in [1.165, 1.54) is 29.2 Å². The second kappa shape index (κ2) is 6.33. The number of nitrogens with zero attached hydrogens (tertiary/aromatic N) is 2. The van der Waals surface area contributed by atoms with Crippen molar-refractivity contribution in [3.05, 3.63) is 42.2 Å². The van der Waals surface area contributed by atoms with E-state index in [9.17, 15) is 0 Å². The van der Waals surface area contributed by atoms with Crippen molar-refractivity contribution in [1.29, 1.82) is 0 Å². The van der Waals surface area contributed by atoms with Gasteiger partial charge >= 0.3 is 0 Å². The van der Waals surface area contributed by atoms with Crippen LogP contribution in [-0.4, -0.2) is 35.6 Å². The molecule has 2 heterocycles. The van der Waals surface area contributed by atoms with E-state index in [1.54, 1.807) is 0 Å². The third kappa shape index (κ3) is 2.84. The fraction of sp³-hybridized carbons (Fsp3) is 0.471. The summed E-state index contributed by atoms with van der Waals surface area (Å²) in [6, 6.07) is 9.23. The van der Waals surface area contributed by atoms with E-state index < -0.39 is 0 Å². The Bertz CT molecular complexity index is 556. The van der Waals surface area contributed by atoms with Gasteiger partial charge in [0.2, 0.25) is 0 Å². The van der Waals surface area contributed by atoms with Gasteiger partial charge in [0.05, 0.1) is 0 Å². The summed E-state index contributed by atoms with van der Waals surface area (Å²) in [5.41, 5.74) is 1.35. The van der Waals surface area contributed by atoms with E-state index in [2.05, 4.69) is 46.4 Å². The van der Waals surface area contributed by atoms with Gasteiger partial charge in [-0.15, -0.1) is 0 Å². The highest BCUT2D eigenvalue weighted by molar-refractivity contribution is 5.84. The lowest BCUT2D eigenvalue weighted by atomic mass is 10.1. The van der Waals surface area contributed by atoms with Gasteiger partial charge in [0, 0.05) is 36.9 Å². The van der Waals surface area contributed by atoms with Crippen LogP contribution < -0.4 is 5.32 Å². The maximum atomic E-state index is 4.41. The van der Waals surface area contributed by atoms with Crippen molar-refractivity contribution in [2.75, 3.05) is 19.6 Å². The van der Waals surface area contributed by atoms with E-state index >= 15 is 0 Å². The van der Waals surface area contributed by atoms with Crippen molar-refractivity contribution in [1.82, 2.24) is 15.2 Å². The summed E-state index contributed by atoms with van der Waals surface area (Å²) in [5, 5.41) is 6.06. The molecule has 1 aromatic heterocycles. The van der Waals surface area contributed by atoms with Gasteiger partial charge in [-0.1, -0.05) is 31.2 Å². The molecule has 106 valence electrons. The highest BCUT2D eigenvalue weighted by Crippen LogP contribution is 2.21. The molecule has 0 spiro atoms. The molecule has 1 N–H and O–H groups in total. The SMILES string of the molecule is CCCN(Cc1cncc2ccccc12)C1CCNC1. The molecule has 0 aliphatic carbocycles. The molecule has 1 saturated heterocycles. The van der Waals surface area contributed by atoms with Crippen LogP contribution in [0.1, 0.15) is 25.3 Å². The normalized spacial score (nSPS) is 19.0. The van der Waals surface area contributed by atoms with Gasteiger partial charge in [0.15, 0.2) is 0 Å². The van der Waals surface area contributed by atoms with Crippen LogP contribution in [0, 0.1) is 0 Å². The number of benzene rings is 1. The second-order valence-corrected chi connectivity index (χ2v) is 5.64. The minimum Gasteiger partial charge on any atom is -0.315 e. The molecule has 1 aliphatic rings. The highest BCUT2D eigenvalue weighted by atomic mass is 15.2. The predicted molar refractivity (Wildman–Crippen MR) is 83.7 cm³/mol. The lowest BCUT2D eigenvalue weighted by Gasteiger charge is -2.28. The molecule has 20 heavy (non-hydrogen) atoms. The summed E-state index contributed by atoms with van der Waals surface area (Å²) < 4.78 is 0. The first-order valence-corrected chi connectivity index (χ1v) is 7.65. The van der Waals surface area contributed by atoms with E-state index in [1.807, 2.05) is 12.4 Å². The van der Waals surface area contributed by atoms with Gasteiger partial charge < -0.3 is 5.32 Å². The minimum absolute atomic E-state index is 0.675. The van der Waals surface area contributed by atoms with Gasteiger partial charge in [-0.25, -0.2) is 0 Å². The monoisotopic (exact) mass is 269 g/mol. The Kier molecular flexibility index (Phi) is 4.28. The van der Waals surface area contributed by atoms with Crippen LogP contribution in [0.15, 0.2) is 36.7 Å². The zero-order valence-corrected chi connectivity index (χ0v) is 12.2. The Morgan fingerprint density at radius 2 is 2.20 bits per heavy atom. The molecule has 1 atom stereocenters. The fourth-order valence-electron chi connectivity index (χ4n) is 3.15. The molecule has 0 saturated carbocycles. The number of fused-ring (bicyclic) bond motifs is 1. The highest BCUT2D eigenvalue weighted by Gasteiger charge is 2.22. The molecule has 0 bridgehead atoms. The first-order chi connectivity index (χ1) is 9.88. The fourth-order valence-corrected chi connectivity index (χ4v) is 3.15. The van der Waals surface area contributed by atoms with Crippen molar-refractivity contribution in [3.8, 4) is 0 Å². The molecule has 0 amide bonds. The van der Waals surface area contributed by atoms with Crippen LogP contribution in [0.3, 0.4) is 0 Å². The largest absolute Gasteiger partial charge is 0.315 e. The van der Waals surface area contributed by atoms with Crippen LogP contribution in [0.5, 0.6) is 0 Å². The molecule has 1 fully saturated rings. The van der Waals surface area contributed by atoms with Gasteiger partial charge in [0.25, 0.3) is 0 Å². The lowest BCUT2D eigenvalue weighted by molar-refractivity contribution is 0.200. The maximum absolute atomic E-state index is 4.41. The first kappa shape index (κ1) is 13.5. The van der Waals surface area contributed by atoms with Gasteiger partial charge in [0.1, 0.15) is 0 Å². The van der Waals surface area contributed by atoms with E-state index in [0.29, 0.717) is 6.04 Å². The number of aromatic nitrogens is 1. The minimum atomic E-state index is 0.675. The Labute approximate surface area is 121 Å². The lowest BCUT2D eigenvalue weighted by Crippen LogP contribution is -2.37. The molecule has 0 radical (unpaired) electrons. The van der Waals surface area contributed by atoms with Crippen molar-refractivity contribution in [2.24, 2.45) is 0 Å². The average Bonchev–Trinajstić information content (AvgIpc) is 3.01. The van der Waals surface area contributed by atoms with Crippen LogP contribution in [-0.2, 0) is 6.54 Å². The van der Waals surface area contributed by atoms with Gasteiger partial charge in [-0.2, -0.15) is 0 Å². The summed E-state index contributed by atoms with van der Waals surface area (Å²) in [5.74, 6) is 0. The Morgan fingerprint density at radius 1 is 1.30 bits per heavy atom. The summed E-state index contributed by atoms with van der Waals surface area (Å²) >= 11 is 0. The van der Waals surface area contributed by atoms with Crippen molar-refractivity contribution in [3.63, 3.8) is 0 Å². The number of rotatable bonds is 5. The van der Waals surface area contributed by atoms with Gasteiger partial charge in [-0.05, 0) is 36.9 Å². The summed E-state index contributed by atoms with van der Waals surface area (Å²) in [7, 11) is 0. The van der Waals surface area contributed by atoms with Crippen molar-refractivity contribution < 1.29 is 0 Å². The number of hydrogen-bond acceptors (Lipinski definition) is 3. The average molecular weight is 269 g/mol. The van der Waals surface area contributed by atoms with Crippen LogP contribution in [0.25, 0.3) is 10.8 Å². The summed E-state index contributed by atoms with van der Waals surface area (Å²) in [6.45, 7) is 6.71. The third-order valence-corrected chi connectivity index (χ3v) is 4.19. The van der Waals surface area contributed by atoms with Crippen LogP contribution in [0.2, 0.25) is 0 Å². The smallest absolute Gasteiger partial charge is 0.0346 e.